The van der Waals surface area contributed by atoms with Crippen molar-refractivity contribution in [1.82, 2.24) is 25.3 Å². The van der Waals surface area contributed by atoms with Gasteiger partial charge in [0.05, 0.1) is 0 Å². The predicted octanol–water partition coefficient (Wildman–Crippen LogP) is 3.60. The molecule has 1 unspecified atom stereocenters. The Balaban J connectivity index is 1.60. The van der Waals surface area contributed by atoms with Gasteiger partial charge in [-0.2, -0.15) is 0 Å². The fourth-order valence-corrected chi connectivity index (χ4v) is 5.86. The molecular weight excluding hydrogens is 522 g/mol. The average Bonchev–Trinajstić information content (AvgIpc) is 3.57. The maximum atomic E-state index is 13.8. The average molecular weight is 560 g/mol. The molecule has 2 heterocycles. The summed E-state index contributed by atoms with van der Waals surface area (Å²) in [6.45, 7) is 4.89. The molecule has 0 saturated heterocycles. The lowest BCUT2D eigenvalue weighted by Gasteiger charge is -2.48. The second-order valence-corrected chi connectivity index (χ2v) is 11.7. The van der Waals surface area contributed by atoms with E-state index >= 15 is 0 Å². The minimum absolute atomic E-state index is 0.0865. The monoisotopic (exact) mass is 559 g/mol. The summed E-state index contributed by atoms with van der Waals surface area (Å²) in [4.78, 5) is 43.6. The number of fused-ring (bicyclic) bond motifs is 1. The topological polar surface area (TPSA) is 127 Å². The lowest BCUT2D eigenvalue weighted by atomic mass is 9.84. The van der Waals surface area contributed by atoms with Crippen molar-refractivity contribution in [3.8, 4) is 11.5 Å². The summed E-state index contributed by atoms with van der Waals surface area (Å²) in [6.07, 6.45) is 4.71. The van der Waals surface area contributed by atoms with Gasteiger partial charge in [-0.3, -0.25) is 14.4 Å². The van der Waals surface area contributed by atoms with Crippen LogP contribution >= 0.6 is 11.8 Å². The molecule has 1 N–H and O–H groups in total. The number of nitrogens with one attached hydrogen (secondary N) is 1. The highest BCUT2D eigenvalue weighted by Crippen LogP contribution is 2.36. The van der Waals surface area contributed by atoms with E-state index in [0.717, 1.165) is 31.6 Å². The number of hydrogen-bond acceptors (Lipinski definition) is 10. The van der Waals surface area contributed by atoms with Gasteiger partial charge in [-0.05, 0) is 70.3 Å². The number of carbonyl (C=O) groups excluding carboxylic acids is 3. The van der Waals surface area contributed by atoms with E-state index in [1.165, 1.54) is 16.7 Å². The molecule has 1 aliphatic carbocycles. The van der Waals surface area contributed by atoms with Crippen LogP contribution in [0.1, 0.15) is 73.4 Å². The number of aromatic nitrogens is 2. The van der Waals surface area contributed by atoms with Crippen LogP contribution < -0.4 is 14.8 Å². The molecule has 1 aromatic heterocycles. The van der Waals surface area contributed by atoms with E-state index in [4.69, 9.17) is 13.9 Å². The van der Waals surface area contributed by atoms with Crippen molar-refractivity contribution >= 4 is 29.9 Å². The quantitative estimate of drug-likeness (QED) is 0.168. The van der Waals surface area contributed by atoms with Crippen molar-refractivity contribution in [2.45, 2.75) is 69.3 Å². The van der Waals surface area contributed by atoms with Gasteiger partial charge in [-0.1, -0.05) is 32.0 Å². The van der Waals surface area contributed by atoms with Crippen LogP contribution in [-0.2, 0) is 4.79 Å². The Hall–Kier alpha value is -3.12. The van der Waals surface area contributed by atoms with Crippen LogP contribution in [0.2, 0.25) is 0 Å². The number of hydrogen-bond donors (Lipinski definition) is 1. The molecule has 1 fully saturated rings. The zero-order valence-electron chi connectivity index (χ0n) is 23.0. The molecule has 0 spiro atoms. The summed E-state index contributed by atoms with van der Waals surface area (Å²) in [5, 5.41) is 11.5. The van der Waals surface area contributed by atoms with Crippen LogP contribution in [0.5, 0.6) is 11.5 Å². The molecule has 12 heteroatoms. The Labute approximate surface area is 233 Å². The van der Waals surface area contributed by atoms with Gasteiger partial charge in [0.1, 0.15) is 11.7 Å². The molecule has 11 nitrogen and oxygen atoms in total. The van der Waals surface area contributed by atoms with Gasteiger partial charge in [0.15, 0.2) is 11.5 Å². The van der Waals surface area contributed by atoms with E-state index in [0.29, 0.717) is 48.0 Å². The standard InChI is InChI=1S/C27H37N5O6S/c1-18(2)14-20(23(34)25-29-30-26(38-25)39-13-12-31(3)4)32(16-33)27(10-6-5-7-11-27)28-24(35)19-8-9-21-22(15-19)37-17-36-21/h8-9,15-16,18,20H,5-7,10-14,17H2,1-4H3,(H,28,35). The van der Waals surface area contributed by atoms with Crippen molar-refractivity contribution in [3.05, 3.63) is 29.7 Å². The SMILES string of the molecule is CC(C)CC(C(=O)c1nnc(SCCN(C)C)o1)N(C=O)C1(NC(=O)c2ccc3c(c2)OCO3)CCCCC1. The number of ether oxygens (including phenoxy) is 2. The maximum absolute atomic E-state index is 13.8. The van der Waals surface area contributed by atoms with Gasteiger partial charge >= 0.3 is 0 Å². The predicted molar refractivity (Wildman–Crippen MR) is 145 cm³/mol. The highest BCUT2D eigenvalue weighted by atomic mass is 32.2. The summed E-state index contributed by atoms with van der Waals surface area (Å²) in [6, 6.07) is 4.11. The summed E-state index contributed by atoms with van der Waals surface area (Å²) < 4.78 is 16.5. The van der Waals surface area contributed by atoms with Gasteiger partial charge in [0.25, 0.3) is 17.0 Å². The highest BCUT2D eigenvalue weighted by Gasteiger charge is 2.45. The van der Waals surface area contributed by atoms with E-state index in [-0.39, 0.29) is 24.5 Å². The largest absolute Gasteiger partial charge is 0.454 e. The number of ketones is 1. The molecule has 1 atom stereocenters. The number of thioether (sulfide) groups is 1. The molecule has 212 valence electrons. The molecule has 1 aliphatic heterocycles. The van der Waals surface area contributed by atoms with Crippen LogP contribution in [0, 0.1) is 5.92 Å². The van der Waals surface area contributed by atoms with Gasteiger partial charge in [0.2, 0.25) is 19.0 Å². The van der Waals surface area contributed by atoms with Crippen molar-refractivity contribution in [1.29, 1.82) is 0 Å². The first-order valence-corrected chi connectivity index (χ1v) is 14.3. The minimum Gasteiger partial charge on any atom is -0.454 e. The third-order valence-corrected chi connectivity index (χ3v) is 7.78. The number of carbonyl (C=O) groups is 3. The first kappa shape index (κ1) is 28.9. The number of rotatable bonds is 13. The van der Waals surface area contributed by atoms with Crippen LogP contribution in [0.4, 0.5) is 0 Å². The normalized spacial score (nSPS) is 16.8. The molecule has 0 radical (unpaired) electrons. The van der Waals surface area contributed by atoms with E-state index in [1.54, 1.807) is 18.2 Å². The van der Waals surface area contributed by atoms with Gasteiger partial charge in [0, 0.05) is 17.9 Å². The molecule has 1 aromatic carbocycles. The molecule has 2 aliphatic rings. The first-order chi connectivity index (χ1) is 18.7. The van der Waals surface area contributed by atoms with Crippen LogP contribution in [0.3, 0.4) is 0 Å². The molecule has 4 rings (SSSR count). The third-order valence-electron chi connectivity index (χ3n) is 6.98. The van der Waals surface area contributed by atoms with Crippen molar-refractivity contribution in [2.24, 2.45) is 5.92 Å². The zero-order valence-corrected chi connectivity index (χ0v) is 23.8. The minimum atomic E-state index is -1.04. The molecule has 2 aromatic rings. The molecule has 39 heavy (non-hydrogen) atoms. The van der Waals surface area contributed by atoms with Gasteiger partial charge in [-0.25, -0.2) is 0 Å². The Morgan fingerprint density at radius 2 is 1.87 bits per heavy atom. The zero-order chi connectivity index (χ0) is 28.0. The van der Waals surface area contributed by atoms with Crippen molar-refractivity contribution in [2.75, 3.05) is 33.2 Å². The number of Topliss-reactive ketones (excluding diaryl/α,β-unsaturated/α-hetero) is 1. The first-order valence-electron chi connectivity index (χ1n) is 13.3. The summed E-state index contributed by atoms with van der Waals surface area (Å²) in [5.74, 6) is 0.982. The van der Waals surface area contributed by atoms with E-state index in [1.807, 2.05) is 32.8 Å². The van der Waals surface area contributed by atoms with E-state index in [9.17, 15) is 14.4 Å². The van der Waals surface area contributed by atoms with Crippen LogP contribution in [0.25, 0.3) is 0 Å². The van der Waals surface area contributed by atoms with E-state index < -0.39 is 17.5 Å². The second kappa shape index (κ2) is 12.8. The van der Waals surface area contributed by atoms with Crippen LogP contribution in [0.15, 0.2) is 27.8 Å². The lowest BCUT2D eigenvalue weighted by Crippen LogP contribution is -2.65. The number of amides is 2. The number of nitrogens with zero attached hydrogens (tertiary/aromatic N) is 4. The molecular formula is C27H37N5O6S. The Kier molecular flexibility index (Phi) is 9.49. The Bertz CT molecular complexity index is 1160. The third kappa shape index (κ3) is 6.91. The fraction of sp³-hybridized carbons (Fsp3) is 0.593. The van der Waals surface area contributed by atoms with E-state index in [2.05, 4.69) is 15.5 Å². The number of benzene rings is 1. The fourth-order valence-electron chi connectivity index (χ4n) is 5.00. The summed E-state index contributed by atoms with van der Waals surface area (Å²) in [5.41, 5.74) is -0.649. The van der Waals surface area contributed by atoms with Crippen molar-refractivity contribution in [3.63, 3.8) is 0 Å². The summed E-state index contributed by atoms with van der Waals surface area (Å²) in [7, 11) is 3.94. The van der Waals surface area contributed by atoms with Gasteiger partial charge < -0.3 is 29.0 Å². The highest BCUT2D eigenvalue weighted by molar-refractivity contribution is 7.99. The Morgan fingerprint density at radius 3 is 2.56 bits per heavy atom. The molecule has 2 amide bonds. The summed E-state index contributed by atoms with van der Waals surface area (Å²) >= 11 is 1.38. The molecule has 0 bridgehead atoms. The second-order valence-electron chi connectivity index (χ2n) is 10.7. The Morgan fingerprint density at radius 1 is 1.13 bits per heavy atom. The van der Waals surface area contributed by atoms with Crippen molar-refractivity contribution < 1.29 is 28.3 Å². The van der Waals surface area contributed by atoms with Gasteiger partial charge in [-0.15, -0.1) is 10.2 Å². The smallest absolute Gasteiger partial charge is 0.286 e. The molecule has 1 saturated carbocycles. The van der Waals surface area contributed by atoms with Crippen LogP contribution in [-0.4, -0.2) is 83.0 Å². The maximum Gasteiger partial charge on any atom is 0.286 e. The lowest BCUT2D eigenvalue weighted by molar-refractivity contribution is -0.129.